The average molecular weight is 522 g/mol. The smallest absolute Gasteiger partial charge is 0.236 e. The molecule has 4 aromatic rings. The van der Waals surface area contributed by atoms with Gasteiger partial charge in [-0.15, -0.1) is 10.2 Å². The number of aryl methyl sites for hydroxylation is 1. The highest BCUT2D eigenvalue weighted by molar-refractivity contribution is 7.99. The molecule has 0 spiro atoms. The van der Waals surface area contributed by atoms with Crippen molar-refractivity contribution in [3.8, 4) is 5.75 Å². The van der Waals surface area contributed by atoms with Crippen LogP contribution in [0.15, 0.2) is 47.6 Å². The number of carbonyl (C=O) groups is 1. The minimum atomic E-state index is -0.125. The van der Waals surface area contributed by atoms with Crippen LogP contribution in [0.2, 0.25) is 10.0 Å². The number of carbonyl (C=O) groups excluding carboxylic acids is 1. The highest BCUT2D eigenvalue weighted by Crippen LogP contribution is 2.28. The van der Waals surface area contributed by atoms with E-state index in [2.05, 4.69) is 20.5 Å². The van der Waals surface area contributed by atoms with Gasteiger partial charge in [0, 0.05) is 18.0 Å². The van der Waals surface area contributed by atoms with Gasteiger partial charge in [0.25, 0.3) is 0 Å². The van der Waals surface area contributed by atoms with Crippen molar-refractivity contribution in [1.29, 1.82) is 0 Å². The number of rotatable bonds is 10. The molecule has 0 bridgehead atoms. The summed E-state index contributed by atoms with van der Waals surface area (Å²) in [4.78, 5) is 16.8. The van der Waals surface area contributed by atoms with Crippen LogP contribution in [-0.4, -0.2) is 38.0 Å². The molecular weight excluding hydrogens is 501 g/mol. The molecule has 0 saturated heterocycles. The third-order valence-electron chi connectivity index (χ3n) is 4.68. The van der Waals surface area contributed by atoms with E-state index in [1.807, 2.05) is 35.8 Å². The first-order valence-electron chi connectivity index (χ1n) is 10.3. The summed E-state index contributed by atoms with van der Waals surface area (Å²) in [6.07, 6.45) is 1.45. The van der Waals surface area contributed by atoms with Crippen molar-refractivity contribution in [2.24, 2.45) is 0 Å². The molecule has 0 aliphatic carbocycles. The van der Waals surface area contributed by atoms with Crippen LogP contribution < -0.4 is 10.1 Å². The second-order valence-electron chi connectivity index (χ2n) is 6.99. The number of nitrogens with one attached hydrogen (secondary N) is 1. The molecule has 7 nitrogen and oxygen atoms in total. The second-order valence-corrected chi connectivity index (χ2v) is 9.81. The van der Waals surface area contributed by atoms with Gasteiger partial charge in [0.15, 0.2) is 10.3 Å². The Hall–Kier alpha value is -2.33. The Morgan fingerprint density at radius 2 is 2.06 bits per heavy atom. The largest absolute Gasteiger partial charge is 0.492 e. The van der Waals surface area contributed by atoms with Gasteiger partial charge >= 0.3 is 0 Å². The lowest BCUT2D eigenvalue weighted by molar-refractivity contribution is -0.113. The monoisotopic (exact) mass is 521 g/mol. The number of hydrogen-bond acceptors (Lipinski definition) is 7. The zero-order chi connectivity index (χ0) is 23.2. The number of anilines is 1. The van der Waals surface area contributed by atoms with Gasteiger partial charge in [-0.1, -0.05) is 58.4 Å². The molecule has 0 unspecified atom stereocenters. The fourth-order valence-electron chi connectivity index (χ4n) is 3.14. The molecule has 11 heteroatoms. The first kappa shape index (κ1) is 23.8. The summed E-state index contributed by atoms with van der Waals surface area (Å²) in [5, 5.41) is 13.8. The lowest BCUT2D eigenvalue weighted by Crippen LogP contribution is -2.14. The molecule has 4 rings (SSSR count). The molecule has 1 N–H and O–H groups in total. The predicted octanol–water partition coefficient (Wildman–Crippen LogP) is 5.96. The van der Waals surface area contributed by atoms with E-state index < -0.39 is 0 Å². The number of nitrogens with zero attached hydrogens (tertiary/aromatic N) is 4. The quantitative estimate of drug-likeness (QED) is 0.205. The Morgan fingerprint density at radius 1 is 1.21 bits per heavy atom. The highest BCUT2D eigenvalue weighted by Gasteiger charge is 2.14. The van der Waals surface area contributed by atoms with Gasteiger partial charge in [0.1, 0.15) is 11.6 Å². The van der Waals surface area contributed by atoms with Gasteiger partial charge in [-0.3, -0.25) is 4.79 Å². The van der Waals surface area contributed by atoms with Crippen molar-refractivity contribution in [1.82, 2.24) is 19.7 Å². The van der Waals surface area contributed by atoms with E-state index >= 15 is 0 Å². The maximum absolute atomic E-state index is 12.4. The third kappa shape index (κ3) is 6.17. The summed E-state index contributed by atoms with van der Waals surface area (Å²) in [5.41, 5.74) is 0.878. The van der Waals surface area contributed by atoms with Gasteiger partial charge in [0.05, 0.1) is 27.6 Å². The number of halogens is 2. The van der Waals surface area contributed by atoms with Gasteiger partial charge in [0.2, 0.25) is 5.91 Å². The Kier molecular flexibility index (Phi) is 8.08. The Bertz CT molecular complexity index is 1230. The third-order valence-corrected chi connectivity index (χ3v) is 7.13. The molecule has 1 amide bonds. The number of thioether (sulfide) groups is 1. The van der Waals surface area contributed by atoms with Gasteiger partial charge < -0.3 is 14.6 Å². The number of amides is 1. The number of ether oxygens (including phenoxy) is 1. The predicted molar refractivity (Wildman–Crippen MR) is 135 cm³/mol. The number of benzene rings is 2. The Balaban J connectivity index is 1.27. The molecule has 2 aromatic carbocycles. The van der Waals surface area contributed by atoms with Crippen LogP contribution in [0.1, 0.15) is 19.2 Å². The van der Waals surface area contributed by atoms with Gasteiger partial charge in [-0.25, -0.2) is 4.98 Å². The lowest BCUT2D eigenvalue weighted by atomic mass is 10.3. The molecule has 2 heterocycles. The first-order valence-corrected chi connectivity index (χ1v) is 12.9. The standard InChI is InChI=1S/C22H21Cl2N5O2S2/c1-2-29-19(8-5-11-31-17-10-9-14(23)12-15(17)24)27-28-22(29)32-13-20(30)26-21-25-16-6-3-4-7-18(16)33-21/h3-4,6-7,9-10,12H,2,5,8,11,13H2,1H3,(H,25,26,30). The zero-order valence-corrected chi connectivity index (χ0v) is 20.9. The van der Waals surface area contributed by atoms with Crippen LogP contribution in [0.5, 0.6) is 5.75 Å². The topological polar surface area (TPSA) is 81.9 Å². The number of aromatic nitrogens is 4. The molecule has 2 aromatic heterocycles. The Morgan fingerprint density at radius 3 is 2.85 bits per heavy atom. The first-order chi connectivity index (χ1) is 16.0. The molecule has 0 fully saturated rings. The van der Waals surface area contributed by atoms with E-state index in [1.54, 1.807) is 18.2 Å². The molecule has 0 radical (unpaired) electrons. The lowest BCUT2D eigenvalue weighted by Gasteiger charge is -2.09. The average Bonchev–Trinajstić information content (AvgIpc) is 3.39. The van der Waals surface area contributed by atoms with Gasteiger partial charge in [-0.2, -0.15) is 0 Å². The molecule has 0 aliphatic heterocycles. The number of fused-ring (bicyclic) bond motifs is 1. The zero-order valence-electron chi connectivity index (χ0n) is 17.8. The summed E-state index contributed by atoms with van der Waals surface area (Å²) < 4.78 is 8.80. The molecule has 0 aliphatic rings. The fraction of sp³-hybridized carbons (Fsp3) is 0.273. The molecular formula is C22H21Cl2N5O2S2. The maximum Gasteiger partial charge on any atom is 0.236 e. The van der Waals surface area contributed by atoms with E-state index in [-0.39, 0.29) is 11.7 Å². The van der Waals surface area contributed by atoms with E-state index in [0.717, 1.165) is 22.5 Å². The summed E-state index contributed by atoms with van der Waals surface area (Å²) in [5.74, 6) is 1.57. The van der Waals surface area contributed by atoms with Crippen LogP contribution in [0.4, 0.5) is 5.13 Å². The summed E-state index contributed by atoms with van der Waals surface area (Å²) in [6, 6.07) is 12.9. The number of para-hydroxylation sites is 1. The van der Waals surface area contributed by atoms with Crippen molar-refractivity contribution in [2.45, 2.75) is 31.5 Å². The Labute approximate surface area is 209 Å². The van der Waals surface area contributed by atoms with Crippen LogP contribution in [0.3, 0.4) is 0 Å². The van der Waals surface area contributed by atoms with Gasteiger partial charge in [-0.05, 0) is 43.7 Å². The molecule has 33 heavy (non-hydrogen) atoms. The SMILES string of the molecule is CCn1c(CCCOc2ccc(Cl)cc2Cl)nnc1SCC(=O)Nc1nc2ccccc2s1. The fourth-order valence-corrected chi connectivity index (χ4v) is 5.31. The van der Waals surface area contributed by atoms with Crippen molar-refractivity contribution < 1.29 is 9.53 Å². The van der Waals surface area contributed by atoms with Crippen LogP contribution in [-0.2, 0) is 17.8 Å². The number of thiazole rings is 1. The summed E-state index contributed by atoms with van der Waals surface area (Å²) in [6.45, 7) is 3.24. The minimum absolute atomic E-state index is 0.125. The second kappa shape index (κ2) is 11.2. The summed E-state index contributed by atoms with van der Waals surface area (Å²) in [7, 11) is 0. The minimum Gasteiger partial charge on any atom is -0.492 e. The van der Waals surface area contributed by atoms with Crippen LogP contribution in [0, 0.1) is 0 Å². The molecule has 0 atom stereocenters. The van der Waals surface area contributed by atoms with Crippen molar-refractivity contribution in [3.05, 3.63) is 58.3 Å². The maximum atomic E-state index is 12.4. The number of hydrogen-bond donors (Lipinski definition) is 1. The van der Waals surface area contributed by atoms with Crippen LogP contribution in [0.25, 0.3) is 10.2 Å². The molecule has 0 saturated carbocycles. The van der Waals surface area contributed by atoms with Crippen molar-refractivity contribution >= 4 is 67.6 Å². The van der Waals surface area contributed by atoms with E-state index in [4.69, 9.17) is 27.9 Å². The normalized spacial score (nSPS) is 11.1. The summed E-state index contributed by atoms with van der Waals surface area (Å²) >= 11 is 14.9. The van der Waals surface area contributed by atoms with E-state index in [1.165, 1.54) is 23.1 Å². The van der Waals surface area contributed by atoms with Crippen LogP contribution >= 0.6 is 46.3 Å². The highest BCUT2D eigenvalue weighted by atomic mass is 35.5. The van der Waals surface area contributed by atoms with E-state index in [0.29, 0.717) is 45.7 Å². The van der Waals surface area contributed by atoms with E-state index in [9.17, 15) is 4.79 Å². The van der Waals surface area contributed by atoms with Crippen molar-refractivity contribution in [2.75, 3.05) is 17.7 Å². The molecule has 172 valence electrons. The van der Waals surface area contributed by atoms with Crippen molar-refractivity contribution in [3.63, 3.8) is 0 Å².